The summed E-state index contributed by atoms with van der Waals surface area (Å²) in [5.41, 5.74) is 1.75. The number of fused-ring (bicyclic) bond motifs is 1. The number of benzene rings is 1. The van der Waals surface area contributed by atoms with Gasteiger partial charge in [-0.1, -0.05) is 12.1 Å². The van der Waals surface area contributed by atoms with E-state index in [2.05, 4.69) is 10.1 Å². The van der Waals surface area contributed by atoms with Crippen molar-refractivity contribution in [1.29, 1.82) is 0 Å². The molecule has 3 aromatic rings. The van der Waals surface area contributed by atoms with Crippen molar-refractivity contribution < 1.29 is 4.79 Å². The highest BCUT2D eigenvalue weighted by molar-refractivity contribution is 5.93. The molecule has 0 spiro atoms. The average molecular weight is 396 g/mol. The van der Waals surface area contributed by atoms with E-state index in [0.29, 0.717) is 35.6 Å². The molecule has 0 aliphatic heterocycles. The average Bonchev–Trinajstić information content (AvgIpc) is 3.11. The van der Waals surface area contributed by atoms with Gasteiger partial charge >= 0.3 is 0 Å². The molecule has 1 aromatic carbocycles. The number of carbonyl (C=O) groups is 1. The molecule has 0 aliphatic carbocycles. The maximum Gasteiger partial charge on any atom is 0.263 e. The second kappa shape index (κ2) is 7.69. The topological polar surface area (TPSA) is 87.1 Å². The summed E-state index contributed by atoms with van der Waals surface area (Å²) in [6, 6.07) is 7.49. The highest BCUT2D eigenvalue weighted by Gasteiger charge is 2.21. The van der Waals surface area contributed by atoms with Gasteiger partial charge < -0.3 is 9.80 Å². The van der Waals surface area contributed by atoms with Gasteiger partial charge in [-0.25, -0.2) is 4.68 Å². The smallest absolute Gasteiger partial charge is 0.263 e. The molecule has 0 saturated heterocycles. The zero-order chi connectivity index (χ0) is 21.3. The van der Waals surface area contributed by atoms with Gasteiger partial charge in [0.15, 0.2) is 5.65 Å². The molecule has 0 fully saturated rings. The van der Waals surface area contributed by atoms with Crippen LogP contribution < -0.4 is 10.5 Å². The molecule has 2 heterocycles. The van der Waals surface area contributed by atoms with Crippen LogP contribution in [0.5, 0.6) is 0 Å². The molecule has 1 amide bonds. The van der Waals surface area contributed by atoms with Gasteiger partial charge in [-0.2, -0.15) is 10.1 Å². The number of hydrogen-bond donors (Lipinski definition) is 1. The third-order valence-electron chi connectivity index (χ3n) is 4.72. The summed E-state index contributed by atoms with van der Waals surface area (Å²) in [5.74, 6) is 0.472. The van der Waals surface area contributed by atoms with Crippen molar-refractivity contribution in [2.24, 2.45) is 0 Å². The molecule has 0 bridgehead atoms. The zero-order valence-corrected chi connectivity index (χ0v) is 17.9. The summed E-state index contributed by atoms with van der Waals surface area (Å²) in [7, 11) is 3.46. The fourth-order valence-corrected chi connectivity index (χ4v) is 3.12. The Morgan fingerprint density at radius 1 is 1.17 bits per heavy atom. The monoisotopic (exact) mass is 396 g/mol. The molecule has 8 nitrogen and oxygen atoms in total. The largest absolute Gasteiger partial charge is 0.345 e. The third kappa shape index (κ3) is 4.16. The maximum atomic E-state index is 12.6. The maximum absolute atomic E-state index is 12.6. The molecule has 0 radical (unpaired) electrons. The lowest BCUT2D eigenvalue weighted by molar-refractivity contribution is 0.0827. The van der Waals surface area contributed by atoms with Gasteiger partial charge in [-0.05, 0) is 45.4 Å². The van der Waals surface area contributed by atoms with E-state index < -0.39 is 0 Å². The van der Waals surface area contributed by atoms with Crippen molar-refractivity contribution in [3.8, 4) is 0 Å². The second-order valence-corrected chi connectivity index (χ2v) is 8.26. The van der Waals surface area contributed by atoms with Crippen LogP contribution in [0.4, 0.5) is 5.95 Å². The standard InChI is InChI=1S/C21H28N6O2/c1-7-26(13-14-8-10-15(11-9-14)19(29)25(5)6)20-23-17-16(18(28)24-20)12-22-27(17)21(2,3)4/h8-12H,7,13H2,1-6H3,(H,23,24,28). The SMILES string of the molecule is CCN(Cc1ccc(C(=O)N(C)C)cc1)c1nc2c(cnn2C(C)(C)C)c(=O)[nH]1. The van der Waals surface area contributed by atoms with E-state index >= 15 is 0 Å². The van der Waals surface area contributed by atoms with E-state index in [1.807, 2.05) is 56.9 Å². The van der Waals surface area contributed by atoms with Crippen LogP contribution >= 0.6 is 0 Å². The van der Waals surface area contributed by atoms with Crippen LogP contribution in [0.3, 0.4) is 0 Å². The van der Waals surface area contributed by atoms with Crippen LogP contribution in [0.25, 0.3) is 11.0 Å². The molecule has 1 N–H and O–H groups in total. The number of nitrogens with one attached hydrogen (secondary N) is 1. The summed E-state index contributed by atoms with van der Waals surface area (Å²) in [5, 5.41) is 4.84. The number of nitrogens with zero attached hydrogens (tertiary/aromatic N) is 5. The molecule has 154 valence electrons. The van der Waals surface area contributed by atoms with E-state index in [0.717, 1.165) is 5.56 Å². The zero-order valence-electron chi connectivity index (χ0n) is 17.9. The van der Waals surface area contributed by atoms with Crippen molar-refractivity contribution in [3.63, 3.8) is 0 Å². The van der Waals surface area contributed by atoms with Crippen molar-refractivity contribution >= 4 is 22.9 Å². The molecule has 0 atom stereocenters. The Morgan fingerprint density at radius 2 is 1.83 bits per heavy atom. The summed E-state index contributed by atoms with van der Waals surface area (Å²) in [6.07, 6.45) is 1.56. The quantitative estimate of drug-likeness (QED) is 0.716. The molecule has 8 heteroatoms. The number of carbonyl (C=O) groups excluding carboxylic acids is 1. The van der Waals surface area contributed by atoms with E-state index in [1.54, 1.807) is 29.9 Å². The molecule has 0 unspecified atom stereocenters. The normalized spacial score (nSPS) is 11.7. The van der Waals surface area contributed by atoms with Crippen molar-refractivity contribution in [1.82, 2.24) is 24.6 Å². The van der Waals surface area contributed by atoms with E-state index in [4.69, 9.17) is 4.98 Å². The lowest BCUT2D eigenvalue weighted by Gasteiger charge is -2.23. The Morgan fingerprint density at radius 3 is 2.38 bits per heavy atom. The van der Waals surface area contributed by atoms with Gasteiger partial charge in [-0.3, -0.25) is 14.6 Å². The highest BCUT2D eigenvalue weighted by atomic mass is 16.2. The second-order valence-electron chi connectivity index (χ2n) is 8.26. The molecule has 2 aromatic heterocycles. The van der Waals surface area contributed by atoms with Crippen molar-refractivity contribution in [2.45, 2.75) is 39.8 Å². The van der Waals surface area contributed by atoms with Gasteiger partial charge in [-0.15, -0.1) is 0 Å². The van der Waals surface area contributed by atoms with Crippen LogP contribution in [0.1, 0.15) is 43.6 Å². The molecular formula is C21H28N6O2. The summed E-state index contributed by atoms with van der Waals surface area (Å²) in [4.78, 5) is 35.8. The summed E-state index contributed by atoms with van der Waals surface area (Å²) in [6.45, 7) is 9.30. The van der Waals surface area contributed by atoms with Crippen LogP contribution in [-0.4, -0.2) is 51.2 Å². The van der Waals surface area contributed by atoms with Gasteiger partial charge in [0.05, 0.1) is 11.7 Å². The fraction of sp³-hybridized carbons (Fsp3) is 0.429. The lowest BCUT2D eigenvalue weighted by atomic mass is 10.1. The first-order chi connectivity index (χ1) is 13.6. The Kier molecular flexibility index (Phi) is 5.46. The van der Waals surface area contributed by atoms with Crippen molar-refractivity contribution in [2.75, 3.05) is 25.5 Å². The number of aromatic nitrogens is 4. The fourth-order valence-electron chi connectivity index (χ4n) is 3.12. The number of amides is 1. The van der Waals surface area contributed by atoms with E-state index in [1.165, 1.54) is 0 Å². The van der Waals surface area contributed by atoms with Crippen LogP contribution in [-0.2, 0) is 12.1 Å². The number of H-pyrrole nitrogens is 1. The van der Waals surface area contributed by atoms with Crippen LogP contribution in [0.15, 0.2) is 35.3 Å². The molecule has 0 aliphatic rings. The van der Waals surface area contributed by atoms with Crippen molar-refractivity contribution in [3.05, 3.63) is 51.9 Å². The molecule has 0 saturated carbocycles. The minimum absolute atomic E-state index is 0.0317. The predicted molar refractivity (Wildman–Crippen MR) is 114 cm³/mol. The predicted octanol–water partition coefficient (Wildman–Crippen LogP) is 2.60. The number of anilines is 1. The Hall–Kier alpha value is -3.16. The first-order valence-electron chi connectivity index (χ1n) is 9.66. The third-order valence-corrected chi connectivity index (χ3v) is 4.72. The number of aromatic amines is 1. The minimum atomic E-state index is -0.286. The van der Waals surface area contributed by atoms with Crippen LogP contribution in [0.2, 0.25) is 0 Å². The Bertz CT molecular complexity index is 1070. The highest BCUT2D eigenvalue weighted by Crippen LogP contribution is 2.20. The first-order valence-corrected chi connectivity index (χ1v) is 9.66. The van der Waals surface area contributed by atoms with Gasteiger partial charge in [0.1, 0.15) is 5.39 Å². The van der Waals surface area contributed by atoms with Gasteiger partial charge in [0.2, 0.25) is 5.95 Å². The van der Waals surface area contributed by atoms with E-state index in [-0.39, 0.29) is 17.0 Å². The summed E-state index contributed by atoms with van der Waals surface area (Å²) >= 11 is 0. The Balaban J connectivity index is 1.93. The molecule has 29 heavy (non-hydrogen) atoms. The molecule has 3 rings (SSSR count). The number of rotatable bonds is 5. The van der Waals surface area contributed by atoms with Crippen LogP contribution in [0, 0.1) is 0 Å². The molecular weight excluding hydrogens is 368 g/mol. The number of hydrogen-bond acceptors (Lipinski definition) is 5. The van der Waals surface area contributed by atoms with E-state index in [9.17, 15) is 9.59 Å². The summed E-state index contributed by atoms with van der Waals surface area (Å²) < 4.78 is 1.77. The van der Waals surface area contributed by atoms with Gasteiger partial charge in [0.25, 0.3) is 11.5 Å². The van der Waals surface area contributed by atoms with Gasteiger partial charge in [0, 0.05) is 32.7 Å². The lowest BCUT2D eigenvalue weighted by Crippen LogP contribution is -2.28. The first kappa shape index (κ1) is 20.6. The minimum Gasteiger partial charge on any atom is -0.345 e. The Labute approximate surface area is 170 Å².